The van der Waals surface area contributed by atoms with Crippen LogP contribution in [0.3, 0.4) is 0 Å². The number of hydrogen-bond acceptors (Lipinski definition) is 4. The summed E-state index contributed by atoms with van der Waals surface area (Å²) < 4.78 is 121. The van der Waals surface area contributed by atoms with Crippen LogP contribution in [0.2, 0.25) is 5.02 Å². The molecule has 3 aromatic rings. The zero-order valence-corrected chi connectivity index (χ0v) is 22.3. The molecular weight excluding hydrogens is 621 g/mol. The molecule has 1 N–H and O–H groups in total. The minimum Gasteiger partial charge on any atom is -0.374 e. The molecule has 0 saturated heterocycles. The maximum atomic E-state index is 14.2. The Bertz CT molecular complexity index is 1610. The first-order chi connectivity index (χ1) is 19.9. The van der Waals surface area contributed by atoms with Gasteiger partial charge in [-0.3, -0.25) is 9.59 Å². The van der Waals surface area contributed by atoms with E-state index in [1.54, 1.807) is 11.4 Å². The summed E-state index contributed by atoms with van der Waals surface area (Å²) in [5, 5.41) is 4.56. The fourth-order valence-electron chi connectivity index (χ4n) is 4.36. The molecule has 0 fully saturated rings. The lowest BCUT2D eigenvalue weighted by atomic mass is 9.87. The van der Waals surface area contributed by atoms with Crippen molar-refractivity contribution in [2.24, 2.45) is 5.16 Å². The van der Waals surface area contributed by atoms with E-state index >= 15 is 0 Å². The summed E-state index contributed by atoms with van der Waals surface area (Å²) in [7, 11) is 0. The van der Waals surface area contributed by atoms with E-state index in [2.05, 4.69) is 5.16 Å². The number of benzene rings is 1. The van der Waals surface area contributed by atoms with Gasteiger partial charge in [0.1, 0.15) is 6.54 Å². The number of nitrogens with zero attached hydrogens (tertiary/aromatic N) is 2. The van der Waals surface area contributed by atoms with Crippen molar-refractivity contribution in [1.29, 1.82) is 0 Å². The first-order valence-electron chi connectivity index (χ1n) is 12.2. The van der Waals surface area contributed by atoms with E-state index in [4.69, 9.17) is 16.4 Å². The molecule has 1 unspecified atom stereocenters. The van der Waals surface area contributed by atoms with Crippen molar-refractivity contribution in [3.8, 4) is 0 Å². The summed E-state index contributed by atoms with van der Waals surface area (Å²) in [6.07, 6.45) is -12.5. The zero-order chi connectivity index (χ0) is 31.8. The molecule has 0 spiro atoms. The first kappa shape index (κ1) is 31.9. The molecule has 2 aromatic heterocycles. The number of rotatable bonds is 8. The van der Waals surface area contributed by atoms with Crippen LogP contribution in [0, 0.1) is 0 Å². The number of halogens is 10. The number of allylic oxidation sites excluding steroid dienone is 1. The summed E-state index contributed by atoms with van der Waals surface area (Å²) in [4.78, 5) is 29.1. The lowest BCUT2D eigenvalue weighted by Gasteiger charge is -2.30. The number of carbonyl (C=O) groups is 2. The Morgan fingerprint density at radius 1 is 1.00 bits per heavy atom. The fraction of sp³-hybridized carbons (Fsp3) is 0.296. The van der Waals surface area contributed by atoms with Gasteiger partial charge in [-0.25, -0.2) is 0 Å². The molecule has 3 heterocycles. The molecule has 1 amide bonds. The molecule has 0 bridgehead atoms. The van der Waals surface area contributed by atoms with E-state index < -0.39 is 71.4 Å². The van der Waals surface area contributed by atoms with Gasteiger partial charge in [-0.05, 0) is 54.6 Å². The number of carbonyl (C=O) groups excluding carboxylic acids is 2. The summed E-state index contributed by atoms with van der Waals surface area (Å²) >= 11 is 5.71. The van der Waals surface area contributed by atoms with E-state index in [0.717, 1.165) is 6.07 Å². The first-order valence-corrected chi connectivity index (χ1v) is 12.6. The molecular formula is C27H19ClF9N3O3. The molecule has 0 aliphatic carbocycles. The van der Waals surface area contributed by atoms with Crippen molar-refractivity contribution in [3.63, 3.8) is 0 Å². The molecule has 4 rings (SSSR count). The van der Waals surface area contributed by atoms with Crippen molar-refractivity contribution >= 4 is 40.6 Å². The molecule has 1 aliphatic rings. The Balaban J connectivity index is 1.53. The average molecular weight is 640 g/mol. The molecule has 43 heavy (non-hydrogen) atoms. The topological polar surface area (TPSA) is 72.2 Å². The number of alkyl halides is 9. The van der Waals surface area contributed by atoms with Gasteiger partial charge in [0.2, 0.25) is 5.91 Å². The Hall–Kier alpha value is -4.01. The predicted molar refractivity (Wildman–Crippen MR) is 136 cm³/mol. The Morgan fingerprint density at radius 2 is 1.72 bits per heavy atom. The van der Waals surface area contributed by atoms with Crippen LogP contribution in [0.15, 0.2) is 59.9 Å². The van der Waals surface area contributed by atoms with E-state index in [9.17, 15) is 49.1 Å². The van der Waals surface area contributed by atoms with E-state index in [-0.39, 0.29) is 17.7 Å². The second-order valence-corrected chi connectivity index (χ2v) is 9.92. The SMILES string of the molecule is O=C(CCC(=O)c1ccc(/C=C/C2=NOC(c3cc(Cl)cc(C(F)(F)F)c3)(C(F)(F)F)C2)n2cccc12)NCC(F)(F)F. The highest BCUT2D eigenvalue weighted by Gasteiger charge is 2.62. The van der Waals surface area contributed by atoms with Crippen LogP contribution in [0.25, 0.3) is 11.6 Å². The van der Waals surface area contributed by atoms with Gasteiger partial charge in [-0.1, -0.05) is 16.8 Å². The summed E-state index contributed by atoms with van der Waals surface area (Å²) in [6, 6.07) is 7.43. The van der Waals surface area contributed by atoms with Crippen molar-refractivity contribution in [2.45, 2.75) is 43.4 Å². The maximum Gasteiger partial charge on any atom is 0.435 e. The summed E-state index contributed by atoms with van der Waals surface area (Å²) in [5.41, 5.74) is -4.92. The smallest absolute Gasteiger partial charge is 0.374 e. The number of pyridine rings is 1. The second-order valence-electron chi connectivity index (χ2n) is 9.49. The van der Waals surface area contributed by atoms with Crippen molar-refractivity contribution in [1.82, 2.24) is 9.72 Å². The van der Waals surface area contributed by atoms with Crippen LogP contribution >= 0.6 is 11.6 Å². The number of fused-ring (bicyclic) bond motifs is 1. The Morgan fingerprint density at radius 3 is 2.37 bits per heavy atom. The van der Waals surface area contributed by atoms with E-state index in [0.29, 0.717) is 23.3 Å². The lowest BCUT2D eigenvalue weighted by Crippen LogP contribution is -2.42. The van der Waals surface area contributed by atoms with Gasteiger partial charge in [0.15, 0.2) is 5.78 Å². The summed E-state index contributed by atoms with van der Waals surface area (Å²) in [6.45, 7) is -1.53. The molecule has 1 aliphatic heterocycles. The van der Waals surface area contributed by atoms with Crippen LogP contribution in [-0.4, -0.2) is 40.7 Å². The van der Waals surface area contributed by atoms with Crippen LogP contribution in [-0.2, 0) is 21.4 Å². The minimum absolute atomic E-state index is 0.143. The Labute approximate surface area is 241 Å². The predicted octanol–water partition coefficient (Wildman–Crippen LogP) is 7.50. The van der Waals surface area contributed by atoms with Crippen LogP contribution < -0.4 is 5.32 Å². The molecule has 1 atom stereocenters. The monoisotopic (exact) mass is 639 g/mol. The molecule has 6 nitrogen and oxygen atoms in total. The highest BCUT2D eigenvalue weighted by Crippen LogP contribution is 2.49. The number of hydrogen-bond donors (Lipinski definition) is 1. The van der Waals surface area contributed by atoms with Gasteiger partial charge in [-0.2, -0.15) is 39.5 Å². The number of amides is 1. The third-order valence-corrected chi connectivity index (χ3v) is 6.65. The van der Waals surface area contributed by atoms with E-state index in [1.165, 1.54) is 40.9 Å². The molecule has 230 valence electrons. The third kappa shape index (κ3) is 7.14. The van der Waals surface area contributed by atoms with Gasteiger partial charge in [0, 0.05) is 47.3 Å². The minimum atomic E-state index is -5.18. The molecule has 1 aromatic carbocycles. The maximum absolute atomic E-state index is 14.2. The highest BCUT2D eigenvalue weighted by molar-refractivity contribution is 6.30. The van der Waals surface area contributed by atoms with E-state index in [1.807, 2.05) is 0 Å². The number of oxime groups is 1. The Kier molecular flexibility index (Phi) is 8.60. The zero-order valence-electron chi connectivity index (χ0n) is 21.5. The quantitative estimate of drug-likeness (QED) is 0.205. The van der Waals surface area contributed by atoms with Crippen LogP contribution in [0.5, 0.6) is 0 Å². The molecule has 0 saturated carbocycles. The van der Waals surface area contributed by atoms with Crippen molar-refractivity contribution in [2.75, 3.05) is 6.54 Å². The average Bonchev–Trinajstić information content (AvgIpc) is 3.56. The molecule has 0 radical (unpaired) electrons. The van der Waals surface area contributed by atoms with Crippen molar-refractivity contribution < 1.29 is 53.9 Å². The summed E-state index contributed by atoms with van der Waals surface area (Å²) in [5.74, 6) is -1.50. The highest BCUT2D eigenvalue weighted by atomic mass is 35.5. The van der Waals surface area contributed by atoms with Gasteiger partial charge in [-0.15, -0.1) is 0 Å². The molecule has 16 heteroatoms. The lowest BCUT2D eigenvalue weighted by molar-refractivity contribution is -0.276. The van der Waals surface area contributed by atoms with Gasteiger partial charge in [0.25, 0.3) is 5.60 Å². The normalized spacial score (nSPS) is 17.8. The number of nitrogens with one attached hydrogen (secondary N) is 1. The number of Topliss-reactive ketones (excluding diaryl/α,β-unsaturated/α-hetero) is 1. The van der Waals surface area contributed by atoms with Gasteiger partial charge in [0.05, 0.1) is 16.8 Å². The standard InChI is InChI=1S/C27H19ClF9N3O3/c28-17-11-15(10-16(12-17)26(32,33)34)24(27(35,36)37)13-18(39-43-24)3-4-19-5-6-20(21-2-1-9-40(19)21)22(41)7-8-23(42)38-14-25(29,30)31/h1-6,9-12H,7-8,13-14H2,(H,38,42)/b4-3+. The van der Waals surface area contributed by atoms with Gasteiger partial charge >= 0.3 is 18.5 Å². The number of aromatic nitrogens is 1. The third-order valence-electron chi connectivity index (χ3n) is 6.43. The number of ketones is 1. The van der Waals surface area contributed by atoms with Crippen LogP contribution in [0.4, 0.5) is 39.5 Å². The van der Waals surface area contributed by atoms with Crippen LogP contribution in [0.1, 0.15) is 46.4 Å². The largest absolute Gasteiger partial charge is 0.435 e. The van der Waals surface area contributed by atoms with Gasteiger partial charge < -0.3 is 14.6 Å². The second kappa shape index (κ2) is 11.6. The fourth-order valence-corrected chi connectivity index (χ4v) is 4.60. The van der Waals surface area contributed by atoms with Crippen molar-refractivity contribution in [3.05, 3.63) is 82.1 Å².